The van der Waals surface area contributed by atoms with Crippen LogP contribution in [0.15, 0.2) is 53.6 Å². The number of rotatable bonds is 5. The Morgan fingerprint density at radius 1 is 1.07 bits per heavy atom. The minimum Gasteiger partial charge on any atom is -0.322 e. The zero-order valence-corrected chi connectivity index (χ0v) is 19.0. The molecule has 3 rings (SSSR count). The second-order valence-electron chi connectivity index (χ2n) is 7.20. The quantitative estimate of drug-likeness (QED) is 0.341. The van der Waals surface area contributed by atoms with Crippen molar-refractivity contribution >= 4 is 55.1 Å². The molecule has 146 valence electrons. The number of nitrogens with one attached hydrogen (secondary N) is 2. The number of carbonyl (C=O) groups excluding carboxylic acids is 2. The Labute approximate surface area is 181 Å². The van der Waals surface area contributed by atoms with Crippen molar-refractivity contribution in [3.05, 3.63) is 65.2 Å². The second-order valence-corrected chi connectivity index (χ2v) is 11.0. The van der Waals surface area contributed by atoms with Crippen LogP contribution in [0.2, 0.25) is 0 Å². The van der Waals surface area contributed by atoms with Crippen molar-refractivity contribution in [3.8, 4) is 0 Å². The monoisotopic (exact) mass is 505 g/mol. The maximum absolute atomic E-state index is 12.4. The molecule has 2 N–H and O–H groups in total. The van der Waals surface area contributed by atoms with Crippen molar-refractivity contribution in [2.24, 2.45) is 10.5 Å². The minimum atomic E-state index is -0.513. The molecule has 0 unspecified atom stereocenters. The molecule has 0 radical (unpaired) electrons. The van der Waals surface area contributed by atoms with E-state index in [-0.39, 0.29) is 15.0 Å². The fourth-order valence-corrected chi connectivity index (χ4v) is 4.27. The van der Waals surface area contributed by atoms with Gasteiger partial charge in [0.05, 0.1) is 14.4 Å². The van der Waals surface area contributed by atoms with Gasteiger partial charge in [-0.25, -0.2) is 5.43 Å². The van der Waals surface area contributed by atoms with Gasteiger partial charge in [0.2, 0.25) is 5.91 Å². The van der Waals surface area contributed by atoms with E-state index >= 15 is 0 Å². The summed E-state index contributed by atoms with van der Waals surface area (Å²) < 4.78 is -0.350. The number of hydrazone groups is 1. The van der Waals surface area contributed by atoms with Crippen LogP contribution in [0.3, 0.4) is 0 Å². The van der Waals surface area contributed by atoms with E-state index in [1.165, 1.54) is 0 Å². The molecule has 0 bridgehead atoms. The van der Waals surface area contributed by atoms with Gasteiger partial charge in [-0.15, -0.1) is 0 Å². The van der Waals surface area contributed by atoms with E-state index in [1.54, 1.807) is 6.07 Å². The summed E-state index contributed by atoms with van der Waals surface area (Å²) in [6.07, 6.45) is 0.704. The predicted molar refractivity (Wildman–Crippen MR) is 119 cm³/mol. The van der Waals surface area contributed by atoms with Crippen LogP contribution in [0.25, 0.3) is 0 Å². The predicted octanol–water partition coefficient (Wildman–Crippen LogP) is 4.98. The van der Waals surface area contributed by atoms with Crippen LogP contribution < -0.4 is 10.7 Å². The number of halogens is 2. The Balaban J connectivity index is 1.63. The molecule has 2 aromatic carbocycles. The highest BCUT2D eigenvalue weighted by molar-refractivity contribution is 9.25. The third kappa shape index (κ3) is 4.20. The second kappa shape index (κ2) is 7.79. The highest BCUT2D eigenvalue weighted by Gasteiger charge is 2.66. The molecule has 1 aliphatic rings. The van der Waals surface area contributed by atoms with E-state index in [0.717, 1.165) is 11.1 Å². The molecular formula is C21H21Br2N3O2. The van der Waals surface area contributed by atoms with E-state index in [1.807, 2.05) is 63.2 Å². The first-order valence-corrected chi connectivity index (χ1v) is 10.4. The molecule has 1 saturated carbocycles. The van der Waals surface area contributed by atoms with Crippen LogP contribution in [0.5, 0.6) is 0 Å². The molecule has 1 aliphatic carbocycles. The molecular weight excluding hydrogens is 486 g/mol. The maximum atomic E-state index is 12.4. The molecule has 0 heterocycles. The molecule has 0 aliphatic heterocycles. The van der Waals surface area contributed by atoms with Crippen LogP contribution in [0.1, 0.15) is 41.8 Å². The summed E-state index contributed by atoms with van der Waals surface area (Å²) in [7, 11) is 0. The summed E-state index contributed by atoms with van der Waals surface area (Å²) in [6, 6.07) is 14.8. The Morgan fingerprint density at radius 2 is 1.68 bits per heavy atom. The lowest BCUT2D eigenvalue weighted by atomic mass is 10.1. The van der Waals surface area contributed by atoms with Gasteiger partial charge in [0.25, 0.3) is 5.91 Å². The number of carbonyl (C=O) groups is 2. The van der Waals surface area contributed by atoms with Crippen LogP contribution in [-0.4, -0.2) is 20.8 Å². The van der Waals surface area contributed by atoms with Gasteiger partial charge in [-0.1, -0.05) is 62.2 Å². The minimum absolute atomic E-state index is 0.136. The maximum Gasteiger partial charge on any atom is 0.255 e. The standard InChI is InChI=1S/C21H21Br2N3O2/c1-13-6-4-5-7-17(13)18(27)24-16-10-8-15(9-11-16)14(2)25-26-19(28)20(3)12-21(20,22)23/h4-11H,12H2,1-3H3,(H,24,27)(H,26,28)/b25-14-/t20-/m0/s1. The lowest BCUT2D eigenvalue weighted by Crippen LogP contribution is -2.30. The number of nitrogens with zero attached hydrogens (tertiary/aromatic N) is 1. The summed E-state index contributed by atoms with van der Waals surface area (Å²) in [5, 5.41) is 7.10. The largest absolute Gasteiger partial charge is 0.322 e. The molecule has 2 aromatic rings. The number of benzene rings is 2. The summed E-state index contributed by atoms with van der Waals surface area (Å²) in [5.41, 5.74) is 5.94. The molecule has 0 spiro atoms. The van der Waals surface area contributed by atoms with Gasteiger partial charge in [-0.2, -0.15) is 5.10 Å². The van der Waals surface area contributed by atoms with Crippen molar-refractivity contribution in [2.75, 3.05) is 5.32 Å². The van der Waals surface area contributed by atoms with Crippen LogP contribution in [0, 0.1) is 12.3 Å². The third-order valence-corrected chi connectivity index (χ3v) is 7.35. The van der Waals surface area contributed by atoms with Gasteiger partial charge >= 0.3 is 0 Å². The number of hydrogen-bond donors (Lipinski definition) is 2. The fourth-order valence-electron chi connectivity index (χ4n) is 2.79. The third-order valence-electron chi connectivity index (χ3n) is 5.03. The molecule has 1 atom stereocenters. The van der Waals surface area contributed by atoms with Crippen molar-refractivity contribution in [2.45, 2.75) is 30.4 Å². The molecule has 2 amide bonds. The van der Waals surface area contributed by atoms with E-state index in [0.29, 0.717) is 23.4 Å². The molecule has 1 fully saturated rings. The average Bonchev–Trinajstić information content (AvgIpc) is 3.19. The average molecular weight is 507 g/mol. The van der Waals surface area contributed by atoms with Crippen molar-refractivity contribution in [1.29, 1.82) is 0 Å². The smallest absolute Gasteiger partial charge is 0.255 e. The number of alkyl halides is 2. The number of aryl methyl sites for hydroxylation is 1. The van der Waals surface area contributed by atoms with Crippen molar-refractivity contribution in [3.63, 3.8) is 0 Å². The molecule has 5 nitrogen and oxygen atoms in total. The highest BCUT2D eigenvalue weighted by Crippen LogP contribution is 2.66. The number of hydrogen-bond acceptors (Lipinski definition) is 3. The zero-order chi connectivity index (χ0) is 20.5. The normalized spacial score (nSPS) is 20.4. The lowest BCUT2D eigenvalue weighted by Gasteiger charge is -2.11. The van der Waals surface area contributed by atoms with E-state index < -0.39 is 5.41 Å². The van der Waals surface area contributed by atoms with E-state index in [4.69, 9.17) is 0 Å². The zero-order valence-electron chi connectivity index (χ0n) is 15.8. The van der Waals surface area contributed by atoms with E-state index in [9.17, 15) is 9.59 Å². The lowest BCUT2D eigenvalue weighted by molar-refractivity contribution is -0.125. The van der Waals surface area contributed by atoms with Gasteiger partial charge in [0, 0.05) is 11.3 Å². The van der Waals surface area contributed by atoms with Crippen LogP contribution in [-0.2, 0) is 4.79 Å². The Kier molecular flexibility index (Phi) is 5.77. The van der Waals surface area contributed by atoms with Crippen LogP contribution in [0.4, 0.5) is 5.69 Å². The Morgan fingerprint density at radius 3 is 2.25 bits per heavy atom. The summed E-state index contributed by atoms with van der Waals surface area (Å²) >= 11 is 6.97. The first-order valence-electron chi connectivity index (χ1n) is 8.84. The van der Waals surface area contributed by atoms with Gasteiger partial charge < -0.3 is 5.32 Å². The Hall–Kier alpha value is -1.99. The first kappa shape index (κ1) is 20.7. The number of amides is 2. The SMILES string of the molecule is C/C(=N/NC(=O)[C@]1(C)CC1(Br)Br)c1ccc(NC(=O)c2ccccc2C)cc1. The van der Waals surface area contributed by atoms with Gasteiger partial charge in [-0.05, 0) is 56.5 Å². The summed E-state index contributed by atoms with van der Waals surface area (Å²) in [6.45, 7) is 5.61. The first-order chi connectivity index (χ1) is 13.1. The fraction of sp³-hybridized carbons (Fsp3) is 0.286. The van der Waals surface area contributed by atoms with Crippen molar-refractivity contribution in [1.82, 2.24) is 5.43 Å². The molecule has 0 saturated heterocycles. The highest BCUT2D eigenvalue weighted by atomic mass is 79.9. The van der Waals surface area contributed by atoms with Crippen LogP contribution >= 0.6 is 31.9 Å². The van der Waals surface area contributed by atoms with Crippen molar-refractivity contribution < 1.29 is 9.59 Å². The van der Waals surface area contributed by atoms with Gasteiger partial charge in [0.15, 0.2) is 0 Å². The van der Waals surface area contributed by atoms with Gasteiger partial charge in [-0.3, -0.25) is 9.59 Å². The Bertz CT molecular complexity index is 954. The topological polar surface area (TPSA) is 70.6 Å². The molecule has 7 heteroatoms. The van der Waals surface area contributed by atoms with Gasteiger partial charge in [0.1, 0.15) is 0 Å². The molecule has 28 heavy (non-hydrogen) atoms. The molecule has 0 aromatic heterocycles. The summed E-state index contributed by atoms with van der Waals surface area (Å²) in [5.74, 6) is -0.281. The number of anilines is 1. The summed E-state index contributed by atoms with van der Waals surface area (Å²) in [4.78, 5) is 24.7. The van der Waals surface area contributed by atoms with E-state index in [2.05, 4.69) is 47.7 Å².